The molecule has 0 radical (unpaired) electrons. The van der Waals surface area contributed by atoms with Gasteiger partial charge < -0.3 is 4.42 Å². The first-order valence-corrected chi connectivity index (χ1v) is 9.01. The van der Waals surface area contributed by atoms with Gasteiger partial charge in [0.1, 0.15) is 5.52 Å². The molecule has 6 nitrogen and oxygen atoms in total. The average molecular weight is 383 g/mol. The third-order valence-electron chi connectivity index (χ3n) is 4.34. The molecule has 0 saturated carbocycles. The molecule has 4 aromatic rings. The fourth-order valence-corrected chi connectivity index (χ4v) is 2.88. The fraction of sp³-hybridized carbons (Fsp3) is 0.0435. The van der Waals surface area contributed by atoms with Crippen molar-refractivity contribution < 1.29 is 9.34 Å². The Kier molecular flexibility index (Phi) is 4.99. The van der Waals surface area contributed by atoms with Crippen LogP contribution in [-0.2, 0) is 0 Å². The molecule has 0 fully saturated rings. The zero-order valence-corrected chi connectivity index (χ0v) is 15.6. The molecule has 0 bridgehead atoms. The van der Waals surface area contributed by atoms with Gasteiger partial charge in [-0.05, 0) is 60.5 Å². The second kappa shape index (κ2) is 7.90. The van der Waals surface area contributed by atoms with Gasteiger partial charge in [0.15, 0.2) is 5.58 Å². The van der Waals surface area contributed by atoms with E-state index in [4.69, 9.17) is 4.42 Å². The first-order chi connectivity index (χ1) is 14.1. The number of allylic oxidation sites excluding steroid dienone is 1. The highest BCUT2D eigenvalue weighted by atomic mass is 16.6. The third-order valence-corrected chi connectivity index (χ3v) is 4.34. The molecule has 6 heteroatoms. The number of rotatable bonds is 5. The Labute approximate surface area is 167 Å². The van der Waals surface area contributed by atoms with Gasteiger partial charge in [0.2, 0.25) is 5.89 Å². The molecule has 0 atom stereocenters. The highest BCUT2D eigenvalue weighted by Crippen LogP contribution is 2.26. The maximum Gasteiger partial charge on any atom is 0.270 e. The van der Waals surface area contributed by atoms with Crippen LogP contribution in [0.5, 0.6) is 0 Å². The van der Waals surface area contributed by atoms with Crippen molar-refractivity contribution in [3.63, 3.8) is 0 Å². The van der Waals surface area contributed by atoms with Crippen molar-refractivity contribution in [2.24, 2.45) is 4.99 Å². The van der Waals surface area contributed by atoms with Gasteiger partial charge in [-0.1, -0.05) is 24.3 Å². The Hall–Kier alpha value is -4.06. The lowest BCUT2D eigenvalue weighted by Crippen LogP contribution is -1.87. The first kappa shape index (κ1) is 18.3. The van der Waals surface area contributed by atoms with E-state index in [-0.39, 0.29) is 5.69 Å². The van der Waals surface area contributed by atoms with E-state index in [1.54, 1.807) is 30.5 Å². The van der Waals surface area contributed by atoms with Crippen molar-refractivity contribution in [1.29, 1.82) is 0 Å². The number of aromatic nitrogens is 1. The third kappa shape index (κ3) is 4.27. The van der Waals surface area contributed by atoms with Crippen LogP contribution < -0.4 is 0 Å². The van der Waals surface area contributed by atoms with Crippen LogP contribution in [0.1, 0.15) is 11.1 Å². The molecule has 0 aliphatic rings. The average Bonchev–Trinajstić information content (AvgIpc) is 3.15. The summed E-state index contributed by atoms with van der Waals surface area (Å²) in [7, 11) is 0. The molecule has 29 heavy (non-hydrogen) atoms. The fourth-order valence-electron chi connectivity index (χ4n) is 2.88. The molecular weight excluding hydrogens is 366 g/mol. The summed E-state index contributed by atoms with van der Waals surface area (Å²) in [6.07, 6.45) is 5.16. The van der Waals surface area contributed by atoms with Gasteiger partial charge in [0.05, 0.1) is 10.6 Å². The van der Waals surface area contributed by atoms with Crippen LogP contribution in [-0.4, -0.2) is 16.1 Å². The summed E-state index contributed by atoms with van der Waals surface area (Å²) in [5.41, 5.74) is 5.21. The summed E-state index contributed by atoms with van der Waals surface area (Å²) in [6.45, 7) is 2.02. The number of nitrogens with zero attached hydrogens (tertiary/aromatic N) is 3. The van der Waals surface area contributed by atoms with E-state index < -0.39 is 4.92 Å². The lowest BCUT2D eigenvalue weighted by atomic mass is 10.2. The van der Waals surface area contributed by atoms with E-state index in [1.165, 1.54) is 12.1 Å². The number of benzene rings is 3. The number of hydrogen-bond acceptors (Lipinski definition) is 5. The van der Waals surface area contributed by atoms with Crippen molar-refractivity contribution >= 4 is 34.8 Å². The van der Waals surface area contributed by atoms with Gasteiger partial charge in [-0.25, -0.2) is 4.98 Å². The molecule has 0 spiro atoms. The number of aryl methyl sites for hydroxylation is 1. The Morgan fingerprint density at radius 2 is 1.90 bits per heavy atom. The minimum atomic E-state index is -0.412. The van der Waals surface area contributed by atoms with Crippen LogP contribution in [0.4, 0.5) is 11.4 Å². The summed E-state index contributed by atoms with van der Waals surface area (Å²) in [5.74, 6) is 0.576. The molecule has 1 heterocycles. The Morgan fingerprint density at radius 3 is 2.69 bits per heavy atom. The van der Waals surface area contributed by atoms with Crippen LogP contribution in [0.15, 0.2) is 82.2 Å². The van der Waals surface area contributed by atoms with Gasteiger partial charge >= 0.3 is 0 Å². The van der Waals surface area contributed by atoms with Crippen LogP contribution >= 0.6 is 0 Å². The normalized spacial score (nSPS) is 11.6. The van der Waals surface area contributed by atoms with Crippen LogP contribution in [0.25, 0.3) is 28.6 Å². The van der Waals surface area contributed by atoms with Crippen molar-refractivity contribution in [1.82, 2.24) is 4.98 Å². The molecule has 0 amide bonds. The molecule has 0 unspecified atom stereocenters. The number of nitro benzene ring substituents is 1. The molecular formula is C23H17N3O3. The largest absolute Gasteiger partial charge is 0.436 e. The minimum absolute atomic E-state index is 0.0639. The van der Waals surface area contributed by atoms with Crippen LogP contribution in [0, 0.1) is 17.0 Å². The van der Waals surface area contributed by atoms with E-state index >= 15 is 0 Å². The molecule has 0 aliphatic heterocycles. The summed E-state index contributed by atoms with van der Waals surface area (Å²) >= 11 is 0. The van der Waals surface area contributed by atoms with E-state index in [0.29, 0.717) is 5.89 Å². The molecule has 0 N–H and O–H groups in total. The molecule has 4 rings (SSSR count). The second-order valence-corrected chi connectivity index (χ2v) is 6.53. The summed E-state index contributed by atoms with van der Waals surface area (Å²) < 4.78 is 5.81. The zero-order valence-electron chi connectivity index (χ0n) is 15.6. The van der Waals surface area contributed by atoms with Gasteiger partial charge in [0, 0.05) is 23.9 Å². The standard InChI is InChI=1S/C23H17N3O3/c1-16-7-12-22-21(14-16)25-23(29-22)18-8-10-19(11-9-18)24-13-3-5-17-4-2-6-20(15-17)26(27)28/h2-15H,1H3. The Bertz CT molecular complexity index is 1240. The van der Waals surface area contributed by atoms with E-state index in [1.807, 2.05) is 49.4 Å². The quantitative estimate of drug-likeness (QED) is 0.236. The lowest BCUT2D eigenvalue weighted by Gasteiger charge is -1.96. The number of fused-ring (bicyclic) bond motifs is 1. The predicted octanol–water partition coefficient (Wildman–Crippen LogP) is 6.13. The number of hydrogen-bond donors (Lipinski definition) is 0. The minimum Gasteiger partial charge on any atom is -0.436 e. The monoisotopic (exact) mass is 383 g/mol. The van der Waals surface area contributed by atoms with Gasteiger partial charge in [-0.15, -0.1) is 0 Å². The first-order valence-electron chi connectivity index (χ1n) is 9.01. The number of aliphatic imine (C=N–C) groups is 1. The highest BCUT2D eigenvalue weighted by Gasteiger charge is 2.08. The van der Waals surface area contributed by atoms with Crippen molar-refractivity contribution in [3.8, 4) is 11.5 Å². The van der Waals surface area contributed by atoms with Crippen molar-refractivity contribution in [2.45, 2.75) is 6.92 Å². The number of nitro groups is 1. The Balaban J connectivity index is 1.46. The zero-order chi connectivity index (χ0) is 20.2. The maximum atomic E-state index is 10.8. The second-order valence-electron chi connectivity index (χ2n) is 6.53. The number of oxazole rings is 1. The van der Waals surface area contributed by atoms with E-state index in [9.17, 15) is 10.1 Å². The van der Waals surface area contributed by atoms with Crippen LogP contribution in [0.3, 0.4) is 0 Å². The molecule has 3 aromatic carbocycles. The van der Waals surface area contributed by atoms with Gasteiger partial charge in [-0.3, -0.25) is 15.1 Å². The summed E-state index contributed by atoms with van der Waals surface area (Å²) in [4.78, 5) is 19.3. The Morgan fingerprint density at radius 1 is 1.07 bits per heavy atom. The summed E-state index contributed by atoms with van der Waals surface area (Å²) in [6, 6.07) is 19.9. The van der Waals surface area contributed by atoms with E-state index in [0.717, 1.165) is 33.5 Å². The molecule has 1 aromatic heterocycles. The van der Waals surface area contributed by atoms with Gasteiger partial charge in [-0.2, -0.15) is 0 Å². The maximum absolute atomic E-state index is 10.8. The smallest absolute Gasteiger partial charge is 0.270 e. The SMILES string of the molecule is Cc1ccc2oc(-c3ccc(N=CC=Cc4cccc([N+](=O)[O-])c4)cc3)nc2c1. The highest BCUT2D eigenvalue weighted by molar-refractivity contribution is 5.81. The topological polar surface area (TPSA) is 81.5 Å². The molecule has 0 aliphatic carbocycles. The van der Waals surface area contributed by atoms with Gasteiger partial charge in [0.25, 0.3) is 5.69 Å². The van der Waals surface area contributed by atoms with Crippen LogP contribution in [0.2, 0.25) is 0 Å². The van der Waals surface area contributed by atoms with Crippen molar-refractivity contribution in [3.05, 3.63) is 94.0 Å². The van der Waals surface area contributed by atoms with E-state index in [2.05, 4.69) is 9.98 Å². The number of non-ortho nitro benzene ring substituents is 1. The molecule has 0 saturated heterocycles. The molecule has 142 valence electrons. The summed E-state index contributed by atoms with van der Waals surface area (Å²) in [5, 5.41) is 10.8. The lowest BCUT2D eigenvalue weighted by molar-refractivity contribution is -0.384. The van der Waals surface area contributed by atoms with Crippen molar-refractivity contribution in [2.75, 3.05) is 0 Å². The predicted molar refractivity (Wildman–Crippen MR) is 114 cm³/mol.